The van der Waals surface area contributed by atoms with Gasteiger partial charge in [-0.25, -0.2) is 4.98 Å². The van der Waals surface area contributed by atoms with Crippen LogP contribution in [0.25, 0.3) is 22.0 Å². The molecule has 0 spiro atoms. The average Bonchev–Trinajstić information content (AvgIpc) is 2.52. The standard InChI is InChI=1S/C18H16ClN3O2/c1-8-3-6-13(23)9(2)14(8)15-11-7-10(19)4-5-12(11)22-17(16(15)20)18(21)24/h3-7,23H,20H2,1-2H3,(H2,21,24). The van der Waals surface area contributed by atoms with Crippen molar-refractivity contribution in [3.8, 4) is 16.9 Å². The number of nitrogen functional groups attached to an aromatic ring is 1. The monoisotopic (exact) mass is 341 g/mol. The fourth-order valence-corrected chi connectivity index (χ4v) is 3.10. The zero-order chi connectivity index (χ0) is 17.6. The highest BCUT2D eigenvalue weighted by Gasteiger charge is 2.21. The van der Waals surface area contributed by atoms with E-state index in [1.807, 2.05) is 6.92 Å². The summed E-state index contributed by atoms with van der Waals surface area (Å²) in [7, 11) is 0. The van der Waals surface area contributed by atoms with E-state index in [-0.39, 0.29) is 17.1 Å². The van der Waals surface area contributed by atoms with Crippen LogP contribution in [0.2, 0.25) is 5.02 Å². The van der Waals surface area contributed by atoms with E-state index in [0.29, 0.717) is 27.1 Å². The smallest absolute Gasteiger partial charge is 0.269 e. The van der Waals surface area contributed by atoms with Gasteiger partial charge in [-0.2, -0.15) is 0 Å². The summed E-state index contributed by atoms with van der Waals surface area (Å²) in [6, 6.07) is 8.54. The van der Waals surface area contributed by atoms with E-state index < -0.39 is 5.91 Å². The minimum atomic E-state index is -0.707. The molecule has 122 valence electrons. The fraction of sp³-hybridized carbons (Fsp3) is 0.111. The van der Waals surface area contributed by atoms with Crippen LogP contribution in [0.3, 0.4) is 0 Å². The molecular weight excluding hydrogens is 326 g/mol. The van der Waals surface area contributed by atoms with Crippen LogP contribution in [0.4, 0.5) is 5.69 Å². The number of aryl methyl sites for hydroxylation is 1. The van der Waals surface area contributed by atoms with Crippen LogP contribution in [-0.4, -0.2) is 16.0 Å². The Labute approximate surface area is 143 Å². The highest BCUT2D eigenvalue weighted by Crippen LogP contribution is 2.41. The van der Waals surface area contributed by atoms with Crippen LogP contribution < -0.4 is 11.5 Å². The summed E-state index contributed by atoms with van der Waals surface area (Å²) in [6.45, 7) is 3.69. The summed E-state index contributed by atoms with van der Waals surface area (Å²) in [5, 5.41) is 11.3. The number of phenols is 1. The van der Waals surface area contributed by atoms with Gasteiger partial charge in [-0.15, -0.1) is 0 Å². The normalized spacial score (nSPS) is 11.0. The quantitative estimate of drug-likeness (QED) is 0.663. The number of fused-ring (bicyclic) bond motifs is 1. The second-order valence-corrected chi connectivity index (χ2v) is 6.11. The first-order valence-corrected chi connectivity index (χ1v) is 7.67. The van der Waals surface area contributed by atoms with E-state index in [1.54, 1.807) is 37.3 Å². The second-order valence-electron chi connectivity index (χ2n) is 5.68. The van der Waals surface area contributed by atoms with E-state index >= 15 is 0 Å². The number of phenolic OH excluding ortho intramolecular Hbond substituents is 1. The van der Waals surface area contributed by atoms with Gasteiger partial charge >= 0.3 is 0 Å². The number of pyridine rings is 1. The molecule has 1 amide bonds. The maximum absolute atomic E-state index is 11.8. The number of carbonyl (C=O) groups excluding carboxylic acids is 1. The van der Waals surface area contributed by atoms with Crippen molar-refractivity contribution >= 4 is 34.1 Å². The van der Waals surface area contributed by atoms with Crippen LogP contribution in [0.1, 0.15) is 21.6 Å². The molecule has 0 aliphatic rings. The Morgan fingerprint density at radius 2 is 1.88 bits per heavy atom. The second kappa shape index (κ2) is 5.69. The lowest BCUT2D eigenvalue weighted by Crippen LogP contribution is -2.16. The molecule has 0 radical (unpaired) electrons. The number of nitrogens with two attached hydrogens (primary N) is 2. The molecule has 0 saturated carbocycles. The Balaban J connectivity index is 2.56. The van der Waals surface area contributed by atoms with Crippen molar-refractivity contribution in [1.29, 1.82) is 0 Å². The van der Waals surface area contributed by atoms with E-state index in [0.717, 1.165) is 11.1 Å². The number of primary amides is 1. The zero-order valence-electron chi connectivity index (χ0n) is 13.2. The third kappa shape index (κ3) is 2.43. The van der Waals surface area contributed by atoms with Gasteiger partial charge in [-0.3, -0.25) is 4.79 Å². The predicted molar refractivity (Wildman–Crippen MR) is 96.3 cm³/mol. The van der Waals surface area contributed by atoms with E-state index in [4.69, 9.17) is 23.1 Å². The molecule has 2 aromatic carbocycles. The van der Waals surface area contributed by atoms with Gasteiger partial charge in [0.15, 0.2) is 5.69 Å². The van der Waals surface area contributed by atoms with Gasteiger partial charge in [0.1, 0.15) is 5.75 Å². The molecule has 0 fully saturated rings. The van der Waals surface area contributed by atoms with Crippen molar-refractivity contribution in [2.75, 3.05) is 5.73 Å². The number of nitrogens with zero attached hydrogens (tertiary/aromatic N) is 1. The molecule has 1 aromatic heterocycles. The molecule has 0 unspecified atom stereocenters. The molecule has 1 heterocycles. The highest BCUT2D eigenvalue weighted by molar-refractivity contribution is 6.31. The SMILES string of the molecule is Cc1ccc(O)c(C)c1-c1c(N)c(C(N)=O)nc2ccc(Cl)cc12. The van der Waals surface area contributed by atoms with Gasteiger partial charge in [0.25, 0.3) is 5.91 Å². The number of amides is 1. The molecule has 6 heteroatoms. The summed E-state index contributed by atoms with van der Waals surface area (Å²) < 4.78 is 0. The molecular formula is C18H16ClN3O2. The number of hydrogen-bond acceptors (Lipinski definition) is 4. The van der Waals surface area contributed by atoms with Crippen LogP contribution >= 0.6 is 11.6 Å². The topological polar surface area (TPSA) is 102 Å². The van der Waals surface area contributed by atoms with Gasteiger partial charge in [0.2, 0.25) is 0 Å². The number of benzene rings is 2. The minimum absolute atomic E-state index is 0.00182. The van der Waals surface area contributed by atoms with Crippen molar-refractivity contribution in [2.45, 2.75) is 13.8 Å². The number of hydrogen-bond donors (Lipinski definition) is 3. The molecule has 0 aliphatic carbocycles. The van der Waals surface area contributed by atoms with Gasteiger partial charge in [0, 0.05) is 16.0 Å². The molecule has 5 nitrogen and oxygen atoms in total. The van der Waals surface area contributed by atoms with Crippen LogP contribution in [0.15, 0.2) is 30.3 Å². The van der Waals surface area contributed by atoms with E-state index in [9.17, 15) is 9.90 Å². The lowest BCUT2D eigenvalue weighted by molar-refractivity contribution is 0.0997. The number of anilines is 1. The van der Waals surface area contributed by atoms with Gasteiger partial charge in [-0.1, -0.05) is 17.7 Å². The lowest BCUT2D eigenvalue weighted by atomic mass is 9.90. The molecule has 0 aliphatic heterocycles. The fourth-order valence-electron chi connectivity index (χ4n) is 2.93. The molecule has 5 N–H and O–H groups in total. The van der Waals surface area contributed by atoms with Crippen molar-refractivity contribution in [3.05, 3.63) is 52.2 Å². The Morgan fingerprint density at radius 1 is 1.17 bits per heavy atom. The third-order valence-corrected chi connectivity index (χ3v) is 4.35. The summed E-state index contributed by atoms with van der Waals surface area (Å²) in [4.78, 5) is 16.0. The van der Waals surface area contributed by atoms with Crippen LogP contribution in [0, 0.1) is 13.8 Å². The van der Waals surface area contributed by atoms with Crippen LogP contribution in [0.5, 0.6) is 5.75 Å². The predicted octanol–water partition coefficient (Wildman–Crippen LogP) is 3.56. The summed E-state index contributed by atoms with van der Waals surface area (Å²) in [6.07, 6.45) is 0. The third-order valence-electron chi connectivity index (χ3n) is 4.11. The first-order chi connectivity index (χ1) is 11.3. The van der Waals surface area contributed by atoms with Crippen molar-refractivity contribution < 1.29 is 9.90 Å². The Bertz CT molecular complexity index is 999. The molecule has 0 bridgehead atoms. The number of aromatic hydroxyl groups is 1. The number of aromatic nitrogens is 1. The maximum Gasteiger partial charge on any atom is 0.269 e. The van der Waals surface area contributed by atoms with Crippen molar-refractivity contribution in [3.63, 3.8) is 0 Å². The molecule has 0 saturated heterocycles. The Kier molecular flexibility index (Phi) is 3.81. The Morgan fingerprint density at radius 3 is 2.54 bits per heavy atom. The first kappa shape index (κ1) is 16.1. The lowest BCUT2D eigenvalue weighted by Gasteiger charge is -2.17. The first-order valence-electron chi connectivity index (χ1n) is 7.29. The Hall–Kier alpha value is -2.79. The number of halogens is 1. The van der Waals surface area contributed by atoms with Gasteiger partial charge < -0.3 is 16.6 Å². The number of rotatable bonds is 2. The molecule has 24 heavy (non-hydrogen) atoms. The average molecular weight is 342 g/mol. The van der Waals surface area contributed by atoms with Gasteiger partial charge in [0.05, 0.1) is 11.2 Å². The maximum atomic E-state index is 11.8. The van der Waals surface area contributed by atoms with E-state index in [1.165, 1.54) is 0 Å². The molecule has 3 rings (SSSR count). The largest absolute Gasteiger partial charge is 0.508 e. The van der Waals surface area contributed by atoms with Gasteiger partial charge in [-0.05, 0) is 54.8 Å². The zero-order valence-corrected chi connectivity index (χ0v) is 14.0. The number of carbonyl (C=O) groups is 1. The van der Waals surface area contributed by atoms with E-state index in [2.05, 4.69) is 4.98 Å². The highest BCUT2D eigenvalue weighted by atomic mass is 35.5. The molecule has 3 aromatic rings. The summed E-state index contributed by atoms with van der Waals surface area (Å²) in [5.41, 5.74) is 15.3. The van der Waals surface area contributed by atoms with Crippen molar-refractivity contribution in [1.82, 2.24) is 4.98 Å². The molecule has 0 atom stereocenters. The van der Waals surface area contributed by atoms with Crippen LogP contribution in [-0.2, 0) is 0 Å². The summed E-state index contributed by atoms with van der Waals surface area (Å²) in [5.74, 6) is -0.566. The minimum Gasteiger partial charge on any atom is -0.508 e. The summed E-state index contributed by atoms with van der Waals surface area (Å²) >= 11 is 6.13. The van der Waals surface area contributed by atoms with Crippen molar-refractivity contribution in [2.24, 2.45) is 5.73 Å².